The van der Waals surface area contributed by atoms with Gasteiger partial charge in [0.1, 0.15) is 11.6 Å². The molecule has 1 aromatic carbocycles. The molecule has 2 aromatic rings. The van der Waals surface area contributed by atoms with Gasteiger partial charge in [0.25, 0.3) is 0 Å². The average molecular weight is 315 g/mol. The van der Waals surface area contributed by atoms with Gasteiger partial charge in [-0.3, -0.25) is 0 Å². The van der Waals surface area contributed by atoms with Crippen molar-refractivity contribution in [2.24, 2.45) is 5.92 Å². The number of benzene rings is 1. The van der Waals surface area contributed by atoms with E-state index in [-0.39, 0.29) is 11.4 Å². The van der Waals surface area contributed by atoms with Crippen LogP contribution < -0.4 is 4.74 Å². The third-order valence-electron chi connectivity index (χ3n) is 5.13. The monoisotopic (exact) mass is 315 g/mol. The fraction of sp³-hybridized carbons (Fsp3) is 0.444. The van der Waals surface area contributed by atoms with Gasteiger partial charge in [-0.05, 0) is 62.3 Å². The minimum atomic E-state index is -0.208. The first-order chi connectivity index (χ1) is 11.5. The van der Waals surface area contributed by atoms with Crippen LogP contribution in [0.3, 0.4) is 0 Å². The van der Waals surface area contributed by atoms with Crippen molar-refractivity contribution >= 4 is 15.8 Å². The van der Waals surface area contributed by atoms with Crippen LogP contribution in [0.2, 0.25) is 5.31 Å². The molecule has 0 amide bonds. The second-order valence-corrected chi connectivity index (χ2v) is 7.06. The minimum absolute atomic E-state index is 0.149. The summed E-state index contributed by atoms with van der Waals surface area (Å²) in [5.74, 6) is 2.04. The highest BCUT2D eigenvalue weighted by atomic mass is 16.5. The summed E-state index contributed by atoms with van der Waals surface area (Å²) in [6, 6.07) is 9.97. The van der Waals surface area contributed by atoms with Crippen molar-refractivity contribution in [2.45, 2.75) is 31.2 Å². The maximum absolute atomic E-state index is 6.52. The van der Waals surface area contributed by atoms with Gasteiger partial charge in [0.2, 0.25) is 0 Å². The van der Waals surface area contributed by atoms with Crippen LogP contribution in [0.25, 0.3) is 11.3 Å². The lowest BCUT2D eigenvalue weighted by Crippen LogP contribution is -2.24. The first-order valence-corrected chi connectivity index (χ1v) is 8.37. The number of rotatable bonds is 3. The van der Waals surface area contributed by atoms with E-state index in [1.807, 2.05) is 42.1 Å². The molecule has 1 aliphatic heterocycles. The van der Waals surface area contributed by atoms with Crippen LogP contribution >= 0.6 is 0 Å². The fourth-order valence-electron chi connectivity index (χ4n) is 4.03. The van der Waals surface area contributed by atoms with E-state index >= 15 is 0 Å². The minimum Gasteiger partial charge on any atom is -0.490 e. The summed E-state index contributed by atoms with van der Waals surface area (Å²) in [4.78, 5) is 10.5. The highest BCUT2D eigenvalue weighted by Crippen LogP contribution is 2.52. The maximum Gasteiger partial charge on any atom is 0.182 e. The largest absolute Gasteiger partial charge is 0.490 e. The summed E-state index contributed by atoms with van der Waals surface area (Å²) in [5.41, 5.74) is 1.94. The van der Waals surface area contributed by atoms with Gasteiger partial charge in [-0.15, -0.1) is 0 Å². The Labute approximate surface area is 145 Å². The topological polar surface area (TPSA) is 38.2 Å². The van der Waals surface area contributed by atoms with Gasteiger partial charge >= 0.3 is 0 Å². The van der Waals surface area contributed by atoms with E-state index in [1.54, 1.807) is 6.20 Å². The van der Waals surface area contributed by atoms with E-state index in [0.29, 0.717) is 5.92 Å². The Balaban J connectivity index is 1.50. The third kappa shape index (κ3) is 2.95. The lowest BCUT2D eigenvalue weighted by molar-refractivity contribution is 0.196. The second kappa shape index (κ2) is 5.92. The Kier molecular flexibility index (Phi) is 3.87. The number of nitrogens with zero attached hydrogens (tertiary/aromatic N) is 3. The summed E-state index contributed by atoms with van der Waals surface area (Å²) in [6.07, 6.45) is 3.74. The van der Waals surface area contributed by atoms with Crippen molar-refractivity contribution in [2.75, 3.05) is 13.1 Å². The van der Waals surface area contributed by atoms with Crippen LogP contribution in [0.15, 0.2) is 36.5 Å². The number of aromatic nitrogens is 2. The molecule has 3 atom stereocenters. The van der Waals surface area contributed by atoms with Gasteiger partial charge in [0, 0.05) is 11.8 Å². The van der Waals surface area contributed by atoms with E-state index < -0.39 is 0 Å². The SMILES string of the molecule is [B]N1CC2CC(Oc3cccc(-c4ccnc(C)n4)c3)CC2([B])C1. The zero-order valence-corrected chi connectivity index (χ0v) is 13.9. The molecule has 1 aromatic heterocycles. The molecule has 24 heavy (non-hydrogen) atoms. The normalized spacial score (nSPS) is 29.5. The van der Waals surface area contributed by atoms with Crippen LogP contribution in [0, 0.1) is 12.8 Å². The summed E-state index contributed by atoms with van der Waals surface area (Å²) in [5, 5.41) is -0.208. The smallest absolute Gasteiger partial charge is 0.182 e. The Hall–Kier alpha value is -1.81. The van der Waals surface area contributed by atoms with Gasteiger partial charge in [-0.25, -0.2) is 9.97 Å². The molecule has 0 spiro atoms. The van der Waals surface area contributed by atoms with Crippen molar-refractivity contribution in [1.29, 1.82) is 0 Å². The Bertz CT molecular complexity index is 757. The predicted molar refractivity (Wildman–Crippen MR) is 95.1 cm³/mol. The third-order valence-corrected chi connectivity index (χ3v) is 5.13. The molecular formula is C18H19B2N3O. The molecule has 1 aliphatic carbocycles. The summed E-state index contributed by atoms with van der Waals surface area (Å²) >= 11 is 0. The molecule has 1 saturated heterocycles. The van der Waals surface area contributed by atoms with Crippen LogP contribution in [0.4, 0.5) is 0 Å². The van der Waals surface area contributed by atoms with E-state index in [1.165, 1.54) is 0 Å². The molecule has 2 fully saturated rings. The van der Waals surface area contributed by atoms with Crippen molar-refractivity contribution in [3.8, 4) is 17.0 Å². The van der Waals surface area contributed by atoms with E-state index in [0.717, 1.165) is 48.8 Å². The highest BCUT2D eigenvalue weighted by Gasteiger charge is 2.48. The fourth-order valence-corrected chi connectivity index (χ4v) is 4.03. The Morgan fingerprint density at radius 1 is 1.33 bits per heavy atom. The second-order valence-electron chi connectivity index (χ2n) is 7.06. The molecule has 6 heteroatoms. The molecule has 2 aliphatic rings. The number of ether oxygens (including phenoxy) is 1. The van der Waals surface area contributed by atoms with Gasteiger partial charge in [-0.1, -0.05) is 12.1 Å². The van der Waals surface area contributed by atoms with Crippen molar-refractivity contribution in [3.63, 3.8) is 0 Å². The lowest BCUT2D eigenvalue weighted by atomic mass is 9.64. The van der Waals surface area contributed by atoms with Gasteiger partial charge in [-0.2, -0.15) is 0 Å². The van der Waals surface area contributed by atoms with E-state index in [4.69, 9.17) is 20.6 Å². The summed E-state index contributed by atoms with van der Waals surface area (Å²) < 4.78 is 6.22. The molecule has 4 radical (unpaired) electrons. The number of aryl methyl sites for hydroxylation is 1. The van der Waals surface area contributed by atoms with Gasteiger partial charge < -0.3 is 9.55 Å². The van der Waals surface area contributed by atoms with E-state index in [2.05, 4.69) is 9.97 Å². The first-order valence-electron chi connectivity index (χ1n) is 8.37. The van der Waals surface area contributed by atoms with Crippen molar-refractivity contribution in [3.05, 3.63) is 42.4 Å². The van der Waals surface area contributed by atoms with Crippen LogP contribution in [0.5, 0.6) is 5.75 Å². The number of hydrogen-bond acceptors (Lipinski definition) is 4. The highest BCUT2D eigenvalue weighted by molar-refractivity contribution is 6.17. The molecule has 1 saturated carbocycles. The zero-order valence-electron chi connectivity index (χ0n) is 13.9. The number of fused-ring (bicyclic) bond motifs is 1. The predicted octanol–water partition coefficient (Wildman–Crippen LogP) is 2.34. The molecule has 0 bridgehead atoms. The molecular weight excluding hydrogens is 296 g/mol. The summed E-state index contributed by atoms with van der Waals surface area (Å²) in [7, 11) is 12.4. The average Bonchev–Trinajstić information content (AvgIpc) is 2.96. The van der Waals surface area contributed by atoms with Gasteiger partial charge in [0.05, 0.1) is 19.6 Å². The molecule has 0 N–H and O–H groups in total. The zero-order chi connectivity index (χ0) is 16.7. The molecule has 4 rings (SSSR count). The molecule has 3 unspecified atom stereocenters. The first kappa shape index (κ1) is 15.7. The van der Waals surface area contributed by atoms with Crippen LogP contribution in [-0.4, -0.2) is 49.8 Å². The molecule has 2 heterocycles. The van der Waals surface area contributed by atoms with Crippen LogP contribution in [-0.2, 0) is 0 Å². The lowest BCUT2D eigenvalue weighted by Gasteiger charge is -2.24. The van der Waals surface area contributed by atoms with E-state index in [9.17, 15) is 0 Å². The maximum atomic E-state index is 6.52. The summed E-state index contributed by atoms with van der Waals surface area (Å²) in [6.45, 7) is 3.50. The Morgan fingerprint density at radius 2 is 2.21 bits per heavy atom. The number of hydrogen-bond donors (Lipinski definition) is 0. The standard InChI is InChI=1S/C18H19B2N3O/c1-12-21-6-5-17(22-12)13-3-2-4-15(7-13)24-16-8-14-10-23(20)11-18(14,19)9-16/h2-7,14,16H,8-11H2,1H3. The van der Waals surface area contributed by atoms with Crippen molar-refractivity contribution < 1.29 is 4.74 Å². The molecule has 118 valence electrons. The Morgan fingerprint density at radius 3 is 3.00 bits per heavy atom. The molecule has 4 nitrogen and oxygen atoms in total. The van der Waals surface area contributed by atoms with Gasteiger partial charge in [0.15, 0.2) is 7.98 Å². The van der Waals surface area contributed by atoms with Crippen molar-refractivity contribution in [1.82, 2.24) is 14.8 Å². The quantitative estimate of drug-likeness (QED) is 0.815. The van der Waals surface area contributed by atoms with Crippen LogP contribution in [0.1, 0.15) is 18.7 Å².